The normalized spacial score (nSPS) is 8.50. The minimum absolute atomic E-state index is 0.924. The van der Waals surface area contributed by atoms with Gasteiger partial charge in [-0.25, -0.2) is 0 Å². The highest BCUT2D eigenvalue weighted by molar-refractivity contribution is 5.44. The Hall–Kier alpha value is -1.11. The van der Waals surface area contributed by atoms with Crippen molar-refractivity contribution >= 4 is 12.4 Å². The summed E-state index contributed by atoms with van der Waals surface area (Å²) in [5, 5.41) is 0. The van der Waals surface area contributed by atoms with E-state index < -0.39 is 0 Å². The second kappa shape index (κ2) is 2.26. The second-order valence-electron chi connectivity index (χ2n) is 1.49. The molecule has 0 aliphatic heterocycles. The number of para-hydroxylation sites is 1. The van der Waals surface area contributed by atoms with Crippen LogP contribution in [0.4, 0.5) is 5.69 Å². The quantitative estimate of drug-likeness (QED) is 0.484. The summed E-state index contributed by atoms with van der Waals surface area (Å²) in [7, 11) is 0. The highest BCUT2D eigenvalue weighted by Gasteiger charge is 1.76. The first-order valence-corrected chi connectivity index (χ1v) is 2.45. The molecule has 1 heteroatoms. The van der Waals surface area contributed by atoms with Crippen molar-refractivity contribution in [1.82, 2.24) is 0 Å². The van der Waals surface area contributed by atoms with Crippen LogP contribution >= 0.6 is 0 Å². The zero-order chi connectivity index (χ0) is 5.82. The van der Waals surface area contributed by atoms with Crippen molar-refractivity contribution in [3.63, 3.8) is 0 Å². The molecular formula is C7H7N. The zero-order valence-electron chi connectivity index (χ0n) is 4.54. The summed E-state index contributed by atoms with van der Waals surface area (Å²) < 4.78 is 0. The van der Waals surface area contributed by atoms with Gasteiger partial charge in [-0.05, 0) is 18.9 Å². The molecule has 40 valence electrons. The number of benzene rings is 1. The summed E-state index contributed by atoms with van der Waals surface area (Å²) in [4.78, 5) is 3.72. The van der Waals surface area contributed by atoms with E-state index in [0.717, 1.165) is 5.69 Å². The molecule has 0 saturated carbocycles. The number of nitrogens with zero attached hydrogens (tertiary/aromatic N) is 1. The summed E-state index contributed by atoms with van der Waals surface area (Å²) in [6.45, 7) is 3.38. The molecule has 0 spiro atoms. The van der Waals surface area contributed by atoms with Gasteiger partial charge in [0.2, 0.25) is 0 Å². The van der Waals surface area contributed by atoms with E-state index in [-0.39, 0.29) is 0 Å². The van der Waals surface area contributed by atoms with Gasteiger partial charge in [-0.15, -0.1) is 0 Å². The SMILES string of the molecule is C=Nc1ccccc1. The molecule has 1 aromatic carbocycles. The van der Waals surface area contributed by atoms with Crippen LogP contribution < -0.4 is 0 Å². The number of aliphatic imine (C=N–C) groups is 1. The van der Waals surface area contributed by atoms with Crippen molar-refractivity contribution in [2.24, 2.45) is 4.99 Å². The van der Waals surface area contributed by atoms with Crippen LogP contribution in [0.2, 0.25) is 0 Å². The van der Waals surface area contributed by atoms with Gasteiger partial charge >= 0.3 is 0 Å². The first-order chi connectivity index (χ1) is 3.93. The molecule has 0 heterocycles. The van der Waals surface area contributed by atoms with E-state index in [4.69, 9.17) is 0 Å². The van der Waals surface area contributed by atoms with Crippen molar-refractivity contribution in [2.45, 2.75) is 0 Å². The standard InChI is InChI=1S/C7H7N/c1-8-7-5-3-2-4-6-7/h2-6H,1H2. The predicted octanol–water partition coefficient (Wildman–Crippen LogP) is 2.02. The monoisotopic (exact) mass is 105 g/mol. The van der Waals surface area contributed by atoms with Crippen molar-refractivity contribution in [3.05, 3.63) is 30.3 Å². The van der Waals surface area contributed by atoms with E-state index in [1.165, 1.54) is 0 Å². The molecule has 1 aromatic rings. The van der Waals surface area contributed by atoms with Gasteiger partial charge in [0, 0.05) is 0 Å². The maximum Gasteiger partial charge on any atom is 0.0622 e. The van der Waals surface area contributed by atoms with E-state index in [1.807, 2.05) is 30.3 Å². The average Bonchev–Trinajstić information content (AvgIpc) is 1.90. The van der Waals surface area contributed by atoms with Gasteiger partial charge in [-0.2, -0.15) is 0 Å². The van der Waals surface area contributed by atoms with Crippen LogP contribution in [-0.2, 0) is 0 Å². The lowest BCUT2D eigenvalue weighted by atomic mass is 10.3. The van der Waals surface area contributed by atoms with Crippen LogP contribution in [0.3, 0.4) is 0 Å². The van der Waals surface area contributed by atoms with Crippen LogP contribution in [0.5, 0.6) is 0 Å². The molecule has 0 radical (unpaired) electrons. The fourth-order valence-corrected chi connectivity index (χ4v) is 0.533. The minimum Gasteiger partial charge on any atom is -0.265 e. The van der Waals surface area contributed by atoms with Gasteiger partial charge < -0.3 is 0 Å². The summed E-state index contributed by atoms with van der Waals surface area (Å²) in [5.41, 5.74) is 0.924. The maximum absolute atomic E-state index is 3.72. The van der Waals surface area contributed by atoms with E-state index in [0.29, 0.717) is 0 Å². The Bertz CT molecular complexity index is 167. The molecule has 0 aliphatic carbocycles. The van der Waals surface area contributed by atoms with Gasteiger partial charge in [0.05, 0.1) is 5.69 Å². The molecule has 0 bridgehead atoms. The Kier molecular flexibility index (Phi) is 1.42. The lowest BCUT2D eigenvalue weighted by Crippen LogP contribution is -1.57. The third-order valence-corrected chi connectivity index (χ3v) is 0.939. The summed E-state index contributed by atoms with van der Waals surface area (Å²) in [6.07, 6.45) is 0. The molecule has 1 nitrogen and oxygen atoms in total. The number of rotatable bonds is 1. The van der Waals surface area contributed by atoms with Crippen molar-refractivity contribution in [2.75, 3.05) is 0 Å². The van der Waals surface area contributed by atoms with Gasteiger partial charge in [0.15, 0.2) is 0 Å². The van der Waals surface area contributed by atoms with E-state index >= 15 is 0 Å². The van der Waals surface area contributed by atoms with Gasteiger partial charge in [0.25, 0.3) is 0 Å². The van der Waals surface area contributed by atoms with E-state index in [1.54, 1.807) is 0 Å². The van der Waals surface area contributed by atoms with E-state index in [9.17, 15) is 0 Å². The summed E-state index contributed by atoms with van der Waals surface area (Å²) >= 11 is 0. The first kappa shape index (κ1) is 5.04. The Balaban J connectivity index is 2.99. The van der Waals surface area contributed by atoms with Crippen LogP contribution in [0.1, 0.15) is 0 Å². The average molecular weight is 105 g/mol. The maximum atomic E-state index is 3.72. The smallest absolute Gasteiger partial charge is 0.0622 e. The zero-order valence-corrected chi connectivity index (χ0v) is 4.54. The van der Waals surface area contributed by atoms with Crippen molar-refractivity contribution in [1.29, 1.82) is 0 Å². The minimum atomic E-state index is 0.924. The third kappa shape index (κ3) is 0.936. The fraction of sp³-hybridized carbons (Fsp3) is 0. The van der Waals surface area contributed by atoms with Crippen molar-refractivity contribution in [3.8, 4) is 0 Å². The molecule has 0 atom stereocenters. The molecule has 1 rings (SSSR count). The number of hydrogen-bond acceptors (Lipinski definition) is 1. The van der Waals surface area contributed by atoms with Gasteiger partial charge in [-0.1, -0.05) is 18.2 Å². The third-order valence-electron chi connectivity index (χ3n) is 0.939. The molecule has 0 fully saturated rings. The number of hydrogen-bond donors (Lipinski definition) is 0. The predicted molar refractivity (Wildman–Crippen MR) is 35.7 cm³/mol. The van der Waals surface area contributed by atoms with Gasteiger partial charge in [0.1, 0.15) is 0 Å². The Morgan fingerprint density at radius 3 is 2.12 bits per heavy atom. The molecule has 0 aromatic heterocycles. The molecular weight excluding hydrogens is 98.1 g/mol. The Labute approximate surface area is 48.7 Å². The van der Waals surface area contributed by atoms with Crippen LogP contribution in [0, 0.1) is 0 Å². The van der Waals surface area contributed by atoms with Crippen LogP contribution in [-0.4, -0.2) is 6.72 Å². The van der Waals surface area contributed by atoms with Crippen molar-refractivity contribution < 1.29 is 0 Å². The molecule has 0 amide bonds. The molecule has 0 N–H and O–H groups in total. The Morgan fingerprint density at radius 1 is 1.12 bits per heavy atom. The molecule has 0 saturated heterocycles. The highest BCUT2D eigenvalue weighted by atomic mass is 14.7. The van der Waals surface area contributed by atoms with E-state index in [2.05, 4.69) is 11.7 Å². The molecule has 8 heavy (non-hydrogen) atoms. The lowest BCUT2D eigenvalue weighted by Gasteiger charge is -1.84. The fourth-order valence-electron chi connectivity index (χ4n) is 0.533. The van der Waals surface area contributed by atoms with Gasteiger partial charge in [-0.3, -0.25) is 4.99 Å². The summed E-state index contributed by atoms with van der Waals surface area (Å²) in [5.74, 6) is 0. The highest BCUT2D eigenvalue weighted by Crippen LogP contribution is 2.06. The Morgan fingerprint density at radius 2 is 1.75 bits per heavy atom. The molecule has 0 unspecified atom stereocenters. The summed E-state index contributed by atoms with van der Waals surface area (Å²) in [6, 6.07) is 9.64. The first-order valence-electron chi connectivity index (χ1n) is 2.45. The lowest BCUT2D eigenvalue weighted by molar-refractivity contribution is 1.55. The van der Waals surface area contributed by atoms with Crippen LogP contribution in [0.15, 0.2) is 35.3 Å². The molecule has 0 aliphatic rings. The topological polar surface area (TPSA) is 12.4 Å². The van der Waals surface area contributed by atoms with Crippen LogP contribution in [0.25, 0.3) is 0 Å². The largest absolute Gasteiger partial charge is 0.265 e. The second-order valence-corrected chi connectivity index (χ2v) is 1.49.